The molecule has 0 radical (unpaired) electrons. The van der Waals surface area contributed by atoms with Gasteiger partial charge < -0.3 is 34.3 Å². The number of hydrogen-bond donors (Lipinski definition) is 3. The van der Waals surface area contributed by atoms with Crippen molar-refractivity contribution in [1.29, 1.82) is 0 Å². The van der Waals surface area contributed by atoms with Crippen LogP contribution in [0, 0.1) is 0 Å². The van der Waals surface area contributed by atoms with Crippen molar-refractivity contribution >= 4 is 34.8 Å². The van der Waals surface area contributed by atoms with Crippen LogP contribution >= 0.6 is 0 Å². The van der Waals surface area contributed by atoms with Crippen molar-refractivity contribution < 1.29 is 28.6 Å². The first-order valence-electron chi connectivity index (χ1n) is 12.3. The monoisotopic (exact) mass is 522 g/mol. The lowest BCUT2D eigenvalue weighted by Crippen LogP contribution is -2.52. The molecule has 1 aromatic carbocycles. The second-order valence-electron chi connectivity index (χ2n) is 9.68. The number of anilines is 1. The highest BCUT2D eigenvalue weighted by molar-refractivity contribution is 6.08. The lowest BCUT2D eigenvalue weighted by atomic mass is 9.95. The van der Waals surface area contributed by atoms with Gasteiger partial charge in [0, 0.05) is 37.8 Å². The number of methoxy groups -OCH3 is 1. The van der Waals surface area contributed by atoms with Crippen LogP contribution in [0.2, 0.25) is 0 Å². The van der Waals surface area contributed by atoms with Gasteiger partial charge in [-0.2, -0.15) is 0 Å². The van der Waals surface area contributed by atoms with Crippen LogP contribution in [0.3, 0.4) is 0 Å². The Hall–Kier alpha value is -4.16. The number of likely N-dealkylation sites (N-methyl/N-ethyl adjacent to an activating group) is 1. The van der Waals surface area contributed by atoms with Crippen molar-refractivity contribution in [2.24, 2.45) is 0 Å². The molecule has 0 spiro atoms. The molecule has 3 aromatic rings. The summed E-state index contributed by atoms with van der Waals surface area (Å²) in [7, 11) is 5.46. The fourth-order valence-electron chi connectivity index (χ4n) is 4.82. The summed E-state index contributed by atoms with van der Waals surface area (Å²) < 4.78 is 11.3. The highest BCUT2D eigenvalue weighted by atomic mass is 16.5. The zero-order valence-electron chi connectivity index (χ0n) is 21.5. The maximum atomic E-state index is 13.2. The summed E-state index contributed by atoms with van der Waals surface area (Å²) in [6, 6.07) is 9.72. The average Bonchev–Trinajstić information content (AvgIpc) is 3.54. The Morgan fingerprint density at radius 2 is 1.95 bits per heavy atom. The van der Waals surface area contributed by atoms with Gasteiger partial charge in [-0.3, -0.25) is 14.9 Å². The van der Waals surface area contributed by atoms with Crippen molar-refractivity contribution in [3.05, 3.63) is 53.3 Å². The van der Waals surface area contributed by atoms with E-state index in [-0.39, 0.29) is 31.4 Å². The van der Waals surface area contributed by atoms with Gasteiger partial charge in [-0.1, -0.05) is 6.07 Å². The van der Waals surface area contributed by atoms with Gasteiger partial charge in [0.2, 0.25) is 0 Å². The summed E-state index contributed by atoms with van der Waals surface area (Å²) in [5.74, 6) is 0.485. The molecule has 5 rings (SSSR count). The van der Waals surface area contributed by atoms with Crippen LogP contribution in [-0.4, -0.2) is 91.7 Å². The molecule has 0 aliphatic carbocycles. The molecule has 3 N–H and O–H groups in total. The largest absolute Gasteiger partial charge is 0.497 e. The number of fused-ring (bicyclic) bond motifs is 2. The van der Waals surface area contributed by atoms with Crippen LogP contribution in [0.4, 0.5) is 10.6 Å². The highest BCUT2D eigenvalue weighted by Gasteiger charge is 2.53. The van der Waals surface area contributed by atoms with Gasteiger partial charge in [-0.25, -0.2) is 9.78 Å². The summed E-state index contributed by atoms with van der Waals surface area (Å²) in [5.41, 5.74) is 0.569. The van der Waals surface area contributed by atoms with Crippen LogP contribution in [0.25, 0.3) is 11.1 Å². The number of amides is 4. The van der Waals surface area contributed by atoms with Crippen molar-refractivity contribution in [2.45, 2.75) is 12.1 Å². The molecule has 4 amide bonds. The number of imide groups is 1. The Kier molecular flexibility index (Phi) is 6.67. The molecule has 4 heterocycles. The van der Waals surface area contributed by atoms with Gasteiger partial charge in [-0.15, -0.1) is 0 Å². The molecule has 200 valence electrons. The molecule has 12 heteroatoms. The molecule has 2 aromatic heterocycles. The minimum atomic E-state index is -1.63. The fraction of sp³-hybridized carbons (Fsp3) is 0.385. The van der Waals surface area contributed by atoms with E-state index < -0.39 is 17.5 Å². The Bertz CT molecular complexity index is 1400. The first-order valence-corrected chi connectivity index (χ1v) is 12.3. The number of pyridine rings is 1. The number of ether oxygens (including phenoxy) is 1. The molecule has 0 unspecified atom stereocenters. The van der Waals surface area contributed by atoms with E-state index in [9.17, 15) is 19.5 Å². The maximum absolute atomic E-state index is 13.2. The third-order valence-corrected chi connectivity index (χ3v) is 6.86. The second kappa shape index (κ2) is 9.95. The fourth-order valence-corrected chi connectivity index (χ4v) is 4.82. The van der Waals surface area contributed by atoms with Crippen LogP contribution in [0.1, 0.15) is 21.7 Å². The predicted molar refractivity (Wildman–Crippen MR) is 138 cm³/mol. The Morgan fingerprint density at radius 1 is 1.13 bits per heavy atom. The van der Waals surface area contributed by atoms with E-state index in [0.29, 0.717) is 41.3 Å². The summed E-state index contributed by atoms with van der Waals surface area (Å²) in [5, 5.41) is 14.5. The van der Waals surface area contributed by atoms with Crippen LogP contribution < -0.4 is 20.3 Å². The molecule has 1 fully saturated rings. The number of hydrogen-bond acceptors (Lipinski definition) is 9. The van der Waals surface area contributed by atoms with E-state index in [1.165, 1.54) is 12.0 Å². The second-order valence-corrected chi connectivity index (χ2v) is 9.68. The van der Waals surface area contributed by atoms with Crippen LogP contribution in [-0.2, 0) is 16.9 Å². The normalized spacial score (nSPS) is 18.8. The van der Waals surface area contributed by atoms with Crippen molar-refractivity contribution in [3.63, 3.8) is 0 Å². The van der Waals surface area contributed by atoms with Gasteiger partial charge in [0.05, 0.1) is 20.3 Å². The van der Waals surface area contributed by atoms with E-state index in [2.05, 4.69) is 10.6 Å². The number of rotatable bonds is 10. The third-order valence-electron chi connectivity index (χ3n) is 6.86. The number of aromatic nitrogens is 1. The third kappa shape index (κ3) is 4.52. The quantitative estimate of drug-likeness (QED) is 0.331. The Balaban J connectivity index is 1.48. The molecule has 0 saturated carbocycles. The molecule has 2 aliphatic rings. The van der Waals surface area contributed by atoms with E-state index in [1.54, 1.807) is 30.3 Å². The number of aliphatic hydroxyl groups is 1. The van der Waals surface area contributed by atoms with Crippen molar-refractivity contribution in [2.75, 3.05) is 58.9 Å². The molecular formula is C26H30N6O6. The van der Waals surface area contributed by atoms with E-state index in [0.717, 1.165) is 12.1 Å². The number of urea groups is 1. The summed E-state index contributed by atoms with van der Waals surface area (Å²) in [4.78, 5) is 48.9. The van der Waals surface area contributed by atoms with Gasteiger partial charge >= 0.3 is 6.03 Å². The minimum Gasteiger partial charge on any atom is -0.497 e. The highest BCUT2D eigenvalue weighted by Crippen LogP contribution is 2.35. The molecule has 1 atom stereocenters. The number of nitrogens with one attached hydrogen (secondary N) is 2. The minimum absolute atomic E-state index is 0.0305. The smallest absolute Gasteiger partial charge is 0.322 e. The summed E-state index contributed by atoms with van der Waals surface area (Å²) in [6.45, 7) is 1.94. The number of nitrogens with zero attached hydrogens (tertiary/aromatic N) is 4. The standard InChI is InChI=1S/C26H30N6O6/c1-30(2)8-9-31(10-11-33)22-7-6-20-19(27-22)13-21(38-20)26(24(35)28-25(36)29-26)15-32-14-16-4-5-17(37-3)12-18(16)23(32)34/h4-7,12-13,33H,8-11,14-15H2,1-3H3,(H2,28,29,35,36)/t26-/m0/s1. The molecule has 38 heavy (non-hydrogen) atoms. The van der Waals surface area contributed by atoms with Gasteiger partial charge in [0.1, 0.15) is 22.8 Å². The number of carbonyl (C=O) groups excluding carboxylic acids is 3. The van der Waals surface area contributed by atoms with Crippen LogP contribution in [0.15, 0.2) is 40.8 Å². The maximum Gasteiger partial charge on any atom is 0.322 e. The molecule has 1 saturated heterocycles. The Morgan fingerprint density at radius 3 is 2.63 bits per heavy atom. The van der Waals surface area contributed by atoms with E-state index in [1.807, 2.05) is 30.0 Å². The number of furan rings is 1. The lowest BCUT2D eigenvalue weighted by Gasteiger charge is -2.28. The van der Waals surface area contributed by atoms with Gasteiger partial charge in [-0.05, 0) is 43.9 Å². The summed E-state index contributed by atoms with van der Waals surface area (Å²) in [6.07, 6.45) is 0. The molecule has 12 nitrogen and oxygen atoms in total. The van der Waals surface area contributed by atoms with Crippen LogP contribution in [0.5, 0.6) is 5.75 Å². The van der Waals surface area contributed by atoms with E-state index >= 15 is 0 Å². The number of benzene rings is 1. The number of aliphatic hydroxyl groups excluding tert-OH is 1. The molecular weight excluding hydrogens is 492 g/mol. The van der Waals surface area contributed by atoms with Gasteiger partial charge in [0.25, 0.3) is 11.8 Å². The van der Waals surface area contributed by atoms with E-state index in [4.69, 9.17) is 14.1 Å². The predicted octanol–water partition coefficient (Wildman–Crippen LogP) is 0.887. The first-order chi connectivity index (χ1) is 18.2. The average molecular weight is 523 g/mol. The zero-order valence-corrected chi connectivity index (χ0v) is 21.5. The topological polar surface area (TPSA) is 140 Å². The van der Waals surface area contributed by atoms with Gasteiger partial charge in [0.15, 0.2) is 11.1 Å². The Labute approximate surface area is 219 Å². The van der Waals surface area contributed by atoms with Crippen molar-refractivity contribution in [3.8, 4) is 5.75 Å². The van der Waals surface area contributed by atoms with Crippen molar-refractivity contribution in [1.82, 2.24) is 25.4 Å². The zero-order chi connectivity index (χ0) is 27.0. The lowest BCUT2D eigenvalue weighted by molar-refractivity contribution is -0.125. The number of carbonyl (C=O) groups is 3. The molecule has 0 bridgehead atoms. The molecule has 2 aliphatic heterocycles. The first kappa shape index (κ1) is 25.5. The summed E-state index contributed by atoms with van der Waals surface area (Å²) >= 11 is 0. The SMILES string of the molecule is COc1ccc2c(c1)C(=O)N(C[C@@]1(c3cc4nc(N(CCO)CCN(C)C)ccc4o3)NC(=O)NC1=O)C2.